The van der Waals surface area contributed by atoms with Crippen molar-refractivity contribution in [3.8, 4) is 0 Å². The first kappa shape index (κ1) is 56.3. The number of hydrogen-bond donors (Lipinski definition) is 1. The zero-order valence-electron chi connectivity index (χ0n) is 38.7. The second-order valence-electron chi connectivity index (χ2n) is 16.2. The first-order chi connectivity index (χ1) is 29.2. The van der Waals surface area contributed by atoms with Gasteiger partial charge in [0.25, 0.3) is 0 Å². The molecule has 0 rings (SSSR count). The van der Waals surface area contributed by atoms with E-state index in [9.17, 15) is 9.90 Å². The second-order valence-corrected chi connectivity index (χ2v) is 16.2. The van der Waals surface area contributed by atoms with Crippen LogP contribution in [0.3, 0.4) is 0 Å². The Bertz CT molecular complexity index is 1090. The Balaban J connectivity index is 3.51. The predicted octanol–water partition coefficient (Wildman–Crippen LogP) is 16.9. The van der Waals surface area contributed by atoms with Gasteiger partial charge in [-0.25, -0.2) is 0 Å². The molecular weight excluding hydrogens is 725 g/mol. The number of esters is 1. The van der Waals surface area contributed by atoms with Crippen LogP contribution < -0.4 is 0 Å². The average Bonchev–Trinajstić information content (AvgIpc) is 3.24. The summed E-state index contributed by atoms with van der Waals surface area (Å²) in [4.78, 5) is 12.3. The smallest absolute Gasteiger partial charge is 0.306 e. The van der Waals surface area contributed by atoms with E-state index in [0.29, 0.717) is 13.0 Å². The number of carbonyl (C=O) groups excluding carboxylic acids is 1. The molecule has 0 fully saturated rings. The molecule has 0 saturated carbocycles. The van der Waals surface area contributed by atoms with Crippen LogP contribution in [0.25, 0.3) is 0 Å². The Hall–Kier alpha value is -2.69. The second kappa shape index (κ2) is 51.5. The Labute approximate surface area is 366 Å². The van der Waals surface area contributed by atoms with Crippen molar-refractivity contribution in [3.05, 3.63) is 97.2 Å². The van der Waals surface area contributed by atoms with Gasteiger partial charge in [-0.05, 0) is 96.3 Å². The van der Waals surface area contributed by atoms with Gasteiger partial charge in [0, 0.05) is 13.0 Å². The number of aliphatic hydroxyl groups is 1. The minimum Gasteiger partial charge on any atom is -0.457 e. The molecule has 0 radical (unpaired) electrons. The van der Waals surface area contributed by atoms with Gasteiger partial charge in [0.05, 0.1) is 13.2 Å². The van der Waals surface area contributed by atoms with Gasteiger partial charge in [-0.1, -0.05) is 214 Å². The monoisotopic (exact) mass is 819 g/mol. The zero-order chi connectivity index (χ0) is 42.6. The van der Waals surface area contributed by atoms with Crippen LogP contribution in [0.4, 0.5) is 0 Å². The normalized spacial score (nSPS) is 13.2. The van der Waals surface area contributed by atoms with Crippen molar-refractivity contribution in [2.75, 3.05) is 19.8 Å². The van der Waals surface area contributed by atoms with Crippen LogP contribution in [0.2, 0.25) is 0 Å². The molecule has 338 valence electrons. The molecule has 1 atom stereocenters. The van der Waals surface area contributed by atoms with Crippen LogP contribution >= 0.6 is 0 Å². The standard InChI is InChI=1S/C55H94O4/c1-3-5-7-9-11-13-15-17-19-21-23-25-27-29-31-33-35-37-39-41-43-45-47-49-51-58-53-54(52-56)59-55(57)50-48-46-44-42-40-38-36-34-32-30-28-26-24-22-20-18-16-14-12-10-8-6-4-2/h5,7,11,13,16-19,22-25,29,31,35,37,54,56H,3-4,6,8-10,12,14-15,20-21,26-28,30,32-34,36,38-53H2,1-2H3/b7-5-,13-11-,18-16-,19-17-,24-22-,25-23-,31-29-,37-35-. The predicted molar refractivity (Wildman–Crippen MR) is 260 cm³/mol. The first-order valence-corrected chi connectivity index (χ1v) is 24.8. The van der Waals surface area contributed by atoms with Crippen LogP contribution in [0.15, 0.2) is 97.2 Å². The third-order valence-corrected chi connectivity index (χ3v) is 10.4. The van der Waals surface area contributed by atoms with Crippen LogP contribution in [0.5, 0.6) is 0 Å². The number of rotatable bonds is 45. The van der Waals surface area contributed by atoms with Gasteiger partial charge in [-0.3, -0.25) is 4.79 Å². The van der Waals surface area contributed by atoms with Gasteiger partial charge in [0.2, 0.25) is 0 Å². The molecule has 0 aliphatic rings. The lowest BCUT2D eigenvalue weighted by molar-refractivity contribution is -0.154. The summed E-state index contributed by atoms with van der Waals surface area (Å²) in [6, 6.07) is 0. The summed E-state index contributed by atoms with van der Waals surface area (Å²) in [6.07, 6.45) is 73.4. The highest BCUT2D eigenvalue weighted by molar-refractivity contribution is 5.69. The molecule has 0 amide bonds. The van der Waals surface area contributed by atoms with Crippen LogP contribution in [-0.2, 0) is 14.3 Å². The number of aliphatic hydroxyl groups excluding tert-OH is 1. The largest absolute Gasteiger partial charge is 0.457 e. The maximum Gasteiger partial charge on any atom is 0.306 e. The minimum absolute atomic E-state index is 0.186. The quantitative estimate of drug-likeness (QED) is 0.0378. The molecule has 4 nitrogen and oxygen atoms in total. The maximum absolute atomic E-state index is 12.3. The average molecular weight is 819 g/mol. The van der Waals surface area contributed by atoms with Crippen molar-refractivity contribution in [1.29, 1.82) is 0 Å². The molecule has 0 aliphatic heterocycles. The van der Waals surface area contributed by atoms with E-state index in [0.717, 1.165) is 77.0 Å². The fourth-order valence-electron chi connectivity index (χ4n) is 6.71. The van der Waals surface area contributed by atoms with Crippen molar-refractivity contribution < 1.29 is 19.4 Å². The third kappa shape index (κ3) is 49.6. The van der Waals surface area contributed by atoms with E-state index in [1.54, 1.807) is 0 Å². The third-order valence-electron chi connectivity index (χ3n) is 10.4. The topological polar surface area (TPSA) is 55.8 Å². The van der Waals surface area contributed by atoms with Gasteiger partial charge < -0.3 is 14.6 Å². The number of allylic oxidation sites excluding steroid dienone is 16. The van der Waals surface area contributed by atoms with Gasteiger partial charge in [0.15, 0.2) is 0 Å². The summed E-state index contributed by atoms with van der Waals surface area (Å²) in [5.41, 5.74) is 0. The van der Waals surface area contributed by atoms with E-state index in [1.165, 1.54) is 122 Å². The lowest BCUT2D eigenvalue weighted by Gasteiger charge is -2.15. The van der Waals surface area contributed by atoms with Crippen LogP contribution in [-0.4, -0.2) is 37.0 Å². The van der Waals surface area contributed by atoms with E-state index in [-0.39, 0.29) is 19.2 Å². The van der Waals surface area contributed by atoms with Crippen LogP contribution in [0.1, 0.15) is 219 Å². The van der Waals surface area contributed by atoms with Crippen molar-refractivity contribution in [2.24, 2.45) is 0 Å². The summed E-state index contributed by atoms with van der Waals surface area (Å²) in [5.74, 6) is -0.213. The highest BCUT2D eigenvalue weighted by Gasteiger charge is 2.13. The molecule has 0 bridgehead atoms. The fourth-order valence-corrected chi connectivity index (χ4v) is 6.71. The zero-order valence-corrected chi connectivity index (χ0v) is 38.7. The van der Waals surface area contributed by atoms with E-state index in [1.807, 2.05) is 0 Å². The summed E-state index contributed by atoms with van der Waals surface area (Å²) in [5, 5.41) is 9.65. The molecule has 0 aromatic rings. The molecule has 0 saturated heterocycles. The molecule has 0 aromatic heterocycles. The number of ether oxygens (including phenoxy) is 2. The Morgan fingerprint density at radius 3 is 1.15 bits per heavy atom. The molecule has 1 unspecified atom stereocenters. The molecule has 0 spiro atoms. The lowest BCUT2D eigenvalue weighted by atomic mass is 10.0. The minimum atomic E-state index is -0.553. The van der Waals surface area contributed by atoms with Gasteiger partial charge in [-0.15, -0.1) is 0 Å². The van der Waals surface area contributed by atoms with Crippen molar-refractivity contribution in [2.45, 2.75) is 225 Å². The lowest BCUT2D eigenvalue weighted by Crippen LogP contribution is -2.27. The molecule has 0 aromatic carbocycles. The van der Waals surface area contributed by atoms with E-state index < -0.39 is 6.10 Å². The molecular formula is C55H94O4. The van der Waals surface area contributed by atoms with Crippen molar-refractivity contribution >= 4 is 5.97 Å². The van der Waals surface area contributed by atoms with Crippen molar-refractivity contribution in [1.82, 2.24) is 0 Å². The van der Waals surface area contributed by atoms with Crippen LogP contribution in [0, 0.1) is 0 Å². The number of unbranched alkanes of at least 4 members (excludes halogenated alkanes) is 21. The van der Waals surface area contributed by atoms with E-state index in [4.69, 9.17) is 9.47 Å². The molecule has 0 aliphatic carbocycles. The molecule has 1 N–H and O–H groups in total. The molecule has 4 heteroatoms. The number of carbonyl (C=O) groups is 1. The summed E-state index contributed by atoms with van der Waals surface area (Å²) in [7, 11) is 0. The highest BCUT2D eigenvalue weighted by atomic mass is 16.6. The summed E-state index contributed by atoms with van der Waals surface area (Å²) in [6.45, 7) is 5.18. The van der Waals surface area contributed by atoms with Gasteiger partial charge in [0.1, 0.15) is 6.10 Å². The number of hydrogen-bond acceptors (Lipinski definition) is 4. The van der Waals surface area contributed by atoms with E-state index in [2.05, 4.69) is 111 Å². The molecule has 59 heavy (non-hydrogen) atoms. The fraction of sp³-hybridized carbons (Fsp3) is 0.691. The first-order valence-electron chi connectivity index (χ1n) is 24.8. The van der Waals surface area contributed by atoms with Crippen molar-refractivity contribution in [3.63, 3.8) is 0 Å². The Morgan fingerprint density at radius 1 is 0.424 bits per heavy atom. The SMILES string of the molecule is CC/C=C\C/C=C\C/C=C\C/C=C\C/C=C\C/C=C\CCCCCCCOCC(CO)OC(=O)CCCCCCCCCCCCC/C=C\C/C=C\CCCCCCC. The summed E-state index contributed by atoms with van der Waals surface area (Å²) >= 11 is 0. The highest BCUT2D eigenvalue weighted by Crippen LogP contribution is 2.14. The Kier molecular flexibility index (Phi) is 49.1. The molecule has 0 heterocycles. The van der Waals surface area contributed by atoms with Gasteiger partial charge in [-0.2, -0.15) is 0 Å². The van der Waals surface area contributed by atoms with Gasteiger partial charge >= 0.3 is 5.97 Å². The maximum atomic E-state index is 12.3. The Morgan fingerprint density at radius 2 is 0.763 bits per heavy atom. The van der Waals surface area contributed by atoms with E-state index >= 15 is 0 Å². The summed E-state index contributed by atoms with van der Waals surface area (Å²) < 4.78 is 11.2.